The van der Waals surface area contributed by atoms with Gasteiger partial charge in [-0.15, -0.1) is 0 Å². The lowest BCUT2D eigenvalue weighted by molar-refractivity contribution is -0.133. The topological polar surface area (TPSA) is 87.1 Å². The second-order valence-corrected chi connectivity index (χ2v) is 10.4. The van der Waals surface area contributed by atoms with Gasteiger partial charge in [0, 0.05) is 35.5 Å². The molecule has 2 aliphatic heterocycles. The average Bonchev–Trinajstić information content (AvgIpc) is 3.64. The number of carbonyl (C=O) groups excluding carboxylic acids is 2. The minimum atomic E-state index is -0.819. The summed E-state index contributed by atoms with van der Waals surface area (Å²) in [7, 11) is 0. The number of benzene rings is 2. The fourth-order valence-electron chi connectivity index (χ4n) is 5.41. The Bertz CT molecular complexity index is 1480. The molecule has 6 rings (SSSR count). The van der Waals surface area contributed by atoms with Gasteiger partial charge in [0.15, 0.2) is 11.5 Å². The van der Waals surface area contributed by atoms with Crippen LogP contribution in [0.1, 0.15) is 40.8 Å². The molecule has 2 aromatic carbocycles. The molecule has 4 heterocycles. The number of piperidine rings is 1. The Morgan fingerprint density at radius 1 is 1.03 bits per heavy atom. The zero-order valence-electron chi connectivity index (χ0n) is 20.0. The monoisotopic (exact) mass is 560 g/mol. The zero-order valence-corrected chi connectivity index (χ0v) is 21.6. The third-order valence-corrected chi connectivity index (χ3v) is 7.70. The van der Waals surface area contributed by atoms with Crippen LogP contribution in [0.25, 0.3) is 11.0 Å². The van der Waals surface area contributed by atoms with Crippen molar-refractivity contribution in [2.24, 2.45) is 0 Å². The number of likely N-dealkylation sites (tertiary alicyclic amines) is 1. The minimum absolute atomic E-state index is 0.00946. The molecular weight excluding hydrogens is 536 g/mol. The van der Waals surface area contributed by atoms with Crippen molar-refractivity contribution in [1.82, 2.24) is 9.80 Å². The van der Waals surface area contributed by atoms with Crippen LogP contribution in [-0.4, -0.2) is 45.7 Å². The van der Waals surface area contributed by atoms with Crippen LogP contribution in [0.5, 0.6) is 0 Å². The maximum Gasteiger partial charge on any atom is 0.290 e. The molecule has 0 aliphatic carbocycles. The highest BCUT2D eigenvalue weighted by molar-refractivity contribution is 9.10. The number of fused-ring (bicyclic) bond motifs is 1. The molecule has 0 saturated carbocycles. The number of aliphatic hydroxyl groups is 1. The lowest BCUT2D eigenvalue weighted by Gasteiger charge is -2.39. The van der Waals surface area contributed by atoms with Gasteiger partial charge in [-0.2, -0.15) is 0 Å². The Balaban J connectivity index is 1.28. The Kier molecular flexibility index (Phi) is 6.22. The van der Waals surface area contributed by atoms with Gasteiger partial charge in [-0.3, -0.25) is 14.5 Å². The summed E-state index contributed by atoms with van der Waals surface area (Å²) in [5.74, 6) is -1.11. The van der Waals surface area contributed by atoms with Gasteiger partial charge in [-0.25, -0.2) is 0 Å². The van der Waals surface area contributed by atoms with Crippen molar-refractivity contribution in [3.05, 3.63) is 106 Å². The summed E-state index contributed by atoms with van der Waals surface area (Å²) in [6, 6.07) is 19.9. The number of Topliss-reactive ketones (excluding diaryl/α,β-unsaturated/α-hetero) is 1. The first-order valence-corrected chi connectivity index (χ1v) is 13.1. The van der Waals surface area contributed by atoms with Crippen LogP contribution in [0, 0.1) is 0 Å². The Labute approximate surface area is 222 Å². The van der Waals surface area contributed by atoms with Gasteiger partial charge >= 0.3 is 0 Å². The molecule has 0 bridgehead atoms. The van der Waals surface area contributed by atoms with E-state index in [1.165, 1.54) is 11.8 Å². The van der Waals surface area contributed by atoms with Crippen molar-refractivity contribution >= 4 is 38.6 Å². The number of rotatable bonds is 6. The van der Waals surface area contributed by atoms with Crippen molar-refractivity contribution in [1.29, 1.82) is 0 Å². The second kappa shape index (κ2) is 9.68. The fraction of sp³-hybridized carbons (Fsp3) is 0.241. The molecular formula is C29H25BrN2O5. The molecule has 1 fully saturated rings. The molecule has 4 aromatic rings. The molecule has 8 heteroatoms. The summed E-state index contributed by atoms with van der Waals surface area (Å²) in [4.78, 5) is 31.1. The third kappa shape index (κ3) is 4.40. The largest absolute Gasteiger partial charge is 0.503 e. The van der Waals surface area contributed by atoms with Crippen molar-refractivity contribution in [3.8, 4) is 0 Å². The number of furan rings is 2. The highest BCUT2D eigenvalue weighted by Gasteiger charge is 2.49. The van der Waals surface area contributed by atoms with Gasteiger partial charge in [0.25, 0.3) is 5.91 Å². The van der Waals surface area contributed by atoms with E-state index in [-0.39, 0.29) is 17.4 Å². The maximum absolute atomic E-state index is 13.7. The molecule has 37 heavy (non-hydrogen) atoms. The SMILES string of the molecule is O=C(C1=C(O)C(=O)N(C2CCN(Cc3ccccc3)CC2)C1c1ccco1)c1cc2cc(Br)ccc2o1. The van der Waals surface area contributed by atoms with Crippen molar-refractivity contribution in [2.75, 3.05) is 13.1 Å². The van der Waals surface area contributed by atoms with Crippen LogP contribution in [-0.2, 0) is 11.3 Å². The van der Waals surface area contributed by atoms with E-state index < -0.39 is 23.5 Å². The predicted octanol–water partition coefficient (Wildman–Crippen LogP) is 6.03. The van der Waals surface area contributed by atoms with Gasteiger partial charge in [-0.05, 0) is 54.8 Å². The average molecular weight is 561 g/mol. The standard InChI is InChI=1S/C29H25BrN2O5/c30-20-8-9-22-19(15-20)16-24(37-22)27(33)25-26(23-7-4-14-36-23)32(29(35)28(25)34)21-10-12-31(13-11-21)17-18-5-2-1-3-6-18/h1-9,14-16,21,26,34H,10-13,17H2. The molecule has 0 spiro atoms. The number of carbonyl (C=O) groups is 2. The van der Waals surface area contributed by atoms with Crippen LogP contribution >= 0.6 is 15.9 Å². The quantitative estimate of drug-likeness (QED) is 0.289. The summed E-state index contributed by atoms with van der Waals surface area (Å²) in [6.07, 6.45) is 2.96. The van der Waals surface area contributed by atoms with Crippen molar-refractivity contribution < 1.29 is 23.5 Å². The normalized spacial score (nSPS) is 19.3. The minimum Gasteiger partial charge on any atom is -0.503 e. The van der Waals surface area contributed by atoms with Crippen LogP contribution in [0.4, 0.5) is 0 Å². The van der Waals surface area contributed by atoms with E-state index in [4.69, 9.17) is 8.83 Å². The van der Waals surface area contributed by atoms with E-state index in [0.29, 0.717) is 11.3 Å². The van der Waals surface area contributed by atoms with Gasteiger partial charge in [0.1, 0.15) is 17.4 Å². The van der Waals surface area contributed by atoms with E-state index in [0.717, 1.165) is 42.3 Å². The number of nitrogens with zero attached hydrogens (tertiary/aromatic N) is 2. The highest BCUT2D eigenvalue weighted by atomic mass is 79.9. The maximum atomic E-state index is 13.7. The van der Waals surface area contributed by atoms with E-state index in [2.05, 4.69) is 33.0 Å². The molecule has 1 saturated heterocycles. The molecule has 2 aliphatic rings. The van der Waals surface area contributed by atoms with Crippen molar-refractivity contribution in [2.45, 2.75) is 31.5 Å². The summed E-state index contributed by atoms with van der Waals surface area (Å²) >= 11 is 3.43. The smallest absolute Gasteiger partial charge is 0.290 e. The summed E-state index contributed by atoms with van der Waals surface area (Å²) in [6.45, 7) is 2.45. The van der Waals surface area contributed by atoms with E-state index in [9.17, 15) is 14.7 Å². The molecule has 1 N–H and O–H groups in total. The molecule has 0 radical (unpaired) electrons. The molecule has 1 unspecified atom stereocenters. The van der Waals surface area contributed by atoms with E-state index in [1.54, 1.807) is 29.2 Å². The second-order valence-electron chi connectivity index (χ2n) is 9.51. The van der Waals surface area contributed by atoms with Crippen LogP contribution in [0.3, 0.4) is 0 Å². The first-order valence-electron chi connectivity index (χ1n) is 12.3. The number of ketones is 1. The summed E-state index contributed by atoms with van der Waals surface area (Å²) in [5, 5.41) is 11.7. The molecule has 1 atom stereocenters. The third-order valence-electron chi connectivity index (χ3n) is 7.20. The first-order chi connectivity index (χ1) is 18.0. The lowest BCUT2D eigenvalue weighted by atomic mass is 9.96. The van der Waals surface area contributed by atoms with E-state index in [1.807, 2.05) is 30.3 Å². The lowest BCUT2D eigenvalue weighted by Crippen LogP contribution is -2.47. The highest BCUT2D eigenvalue weighted by Crippen LogP contribution is 2.42. The fourth-order valence-corrected chi connectivity index (χ4v) is 5.79. The van der Waals surface area contributed by atoms with Gasteiger partial charge in [0.2, 0.25) is 5.78 Å². The number of hydrogen-bond donors (Lipinski definition) is 1. The predicted molar refractivity (Wildman–Crippen MR) is 141 cm³/mol. The Morgan fingerprint density at radius 2 is 1.81 bits per heavy atom. The number of aliphatic hydroxyl groups excluding tert-OH is 1. The Hall–Kier alpha value is -3.62. The Morgan fingerprint density at radius 3 is 2.54 bits per heavy atom. The molecule has 2 aromatic heterocycles. The van der Waals surface area contributed by atoms with Gasteiger partial charge in [-0.1, -0.05) is 46.3 Å². The van der Waals surface area contributed by atoms with E-state index >= 15 is 0 Å². The number of amides is 1. The summed E-state index contributed by atoms with van der Waals surface area (Å²) in [5.41, 5.74) is 1.79. The van der Waals surface area contributed by atoms with Crippen LogP contribution in [0.15, 0.2) is 97.6 Å². The van der Waals surface area contributed by atoms with Crippen molar-refractivity contribution in [3.63, 3.8) is 0 Å². The van der Waals surface area contributed by atoms with Crippen LogP contribution < -0.4 is 0 Å². The number of halogens is 1. The van der Waals surface area contributed by atoms with Gasteiger partial charge < -0.3 is 18.8 Å². The number of hydrogen-bond acceptors (Lipinski definition) is 6. The van der Waals surface area contributed by atoms with Crippen LogP contribution in [0.2, 0.25) is 0 Å². The summed E-state index contributed by atoms with van der Waals surface area (Å²) < 4.78 is 12.4. The molecule has 188 valence electrons. The van der Waals surface area contributed by atoms with Gasteiger partial charge in [0.05, 0.1) is 11.8 Å². The first kappa shape index (κ1) is 23.8. The zero-order chi connectivity index (χ0) is 25.5. The molecule has 7 nitrogen and oxygen atoms in total. The molecule has 1 amide bonds.